The number of carbonyl (C=O) groups is 1. The number of hydrogen-bond acceptors (Lipinski definition) is 7. The van der Waals surface area contributed by atoms with Gasteiger partial charge in [0.1, 0.15) is 10.8 Å². The highest BCUT2D eigenvalue weighted by Crippen LogP contribution is 2.26. The van der Waals surface area contributed by atoms with E-state index in [0.29, 0.717) is 18.1 Å². The summed E-state index contributed by atoms with van der Waals surface area (Å²) in [6, 6.07) is 26.1. The van der Waals surface area contributed by atoms with E-state index in [1.807, 2.05) is 36.4 Å². The van der Waals surface area contributed by atoms with Crippen molar-refractivity contribution in [3.05, 3.63) is 90.4 Å². The Balaban J connectivity index is 1.10. The van der Waals surface area contributed by atoms with Crippen LogP contribution in [-0.4, -0.2) is 60.4 Å². The van der Waals surface area contributed by atoms with Gasteiger partial charge in [-0.3, -0.25) is 9.69 Å². The summed E-state index contributed by atoms with van der Waals surface area (Å²) in [6.07, 6.45) is 0. The summed E-state index contributed by atoms with van der Waals surface area (Å²) >= 11 is 1.52. The van der Waals surface area contributed by atoms with Gasteiger partial charge in [0.25, 0.3) is 5.91 Å². The summed E-state index contributed by atoms with van der Waals surface area (Å²) in [5, 5.41) is 12.5. The maximum atomic E-state index is 12.4. The van der Waals surface area contributed by atoms with Gasteiger partial charge in [-0.1, -0.05) is 66.4 Å². The molecule has 8 heteroatoms. The molecule has 3 heterocycles. The van der Waals surface area contributed by atoms with Crippen molar-refractivity contribution in [3.63, 3.8) is 0 Å². The summed E-state index contributed by atoms with van der Waals surface area (Å²) in [7, 11) is 0. The maximum Gasteiger partial charge on any atom is 0.287 e. The molecule has 1 N–H and O–H groups in total. The van der Waals surface area contributed by atoms with Crippen molar-refractivity contribution in [2.45, 2.75) is 10.8 Å². The second-order valence-electron chi connectivity index (χ2n) is 8.46. The third-order valence-electron chi connectivity index (χ3n) is 5.99. The van der Waals surface area contributed by atoms with E-state index in [0.717, 1.165) is 54.9 Å². The second kappa shape index (κ2) is 12.0. The SMILES string of the molecule is O=C(NCCN1CCOCC1)c1ccc(CSc2ccc(-c3ccc(-c4ccccc4)cc3)nn2)o1. The van der Waals surface area contributed by atoms with Gasteiger partial charge >= 0.3 is 0 Å². The average Bonchev–Trinajstić information content (AvgIpc) is 3.43. The zero-order valence-electron chi connectivity index (χ0n) is 19.9. The molecular formula is C28H28N4O3S. The fourth-order valence-corrected chi connectivity index (χ4v) is 4.69. The number of morpholine rings is 1. The van der Waals surface area contributed by atoms with Gasteiger partial charge < -0.3 is 14.5 Å². The van der Waals surface area contributed by atoms with E-state index in [4.69, 9.17) is 9.15 Å². The standard InChI is InChI=1S/C28H28N4O3S/c33-28(29-14-15-32-16-18-34-19-17-32)26-12-10-24(35-26)20-36-27-13-11-25(30-31-27)23-8-6-22(7-9-23)21-4-2-1-3-5-21/h1-13H,14-20H2,(H,29,33). The number of rotatable bonds is 9. The molecule has 0 radical (unpaired) electrons. The Hall–Kier alpha value is -3.46. The lowest BCUT2D eigenvalue weighted by atomic mass is 10.0. The third-order valence-corrected chi connectivity index (χ3v) is 6.94. The van der Waals surface area contributed by atoms with Crippen LogP contribution in [0.5, 0.6) is 0 Å². The van der Waals surface area contributed by atoms with Crippen molar-refractivity contribution in [2.75, 3.05) is 39.4 Å². The van der Waals surface area contributed by atoms with Gasteiger partial charge in [-0.05, 0) is 35.4 Å². The van der Waals surface area contributed by atoms with E-state index in [1.165, 1.54) is 22.9 Å². The molecule has 1 aliphatic rings. The molecule has 0 aliphatic carbocycles. The first-order valence-electron chi connectivity index (χ1n) is 12.0. The Morgan fingerprint density at radius 3 is 2.36 bits per heavy atom. The molecule has 184 valence electrons. The average molecular weight is 501 g/mol. The number of carbonyl (C=O) groups excluding carboxylic acids is 1. The fourth-order valence-electron chi connectivity index (χ4n) is 3.98. The Morgan fingerprint density at radius 1 is 0.861 bits per heavy atom. The number of hydrogen-bond donors (Lipinski definition) is 1. The number of benzene rings is 2. The van der Waals surface area contributed by atoms with Crippen LogP contribution in [0, 0.1) is 0 Å². The lowest BCUT2D eigenvalue weighted by molar-refractivity contribution is 0.0382. The molecule has 1 amide bonds. The molecule has 1 fully saturated rings. The zero-order valence-corrected chi connectivity index (χ0v) is 20.7. The van der Waals surface area contributed by atoms with Crippen molar-refractivity contribution in [2.24, 2.45) is 0 Å². The molecule has 0 spiro atoms. The Morgan fingerprint density at radius 2 is 1.61 bits per heavy atom. The van der Waals surface area contributed by atoms with E-state index in [9.17, 15) is 4.79 Å². The van der Waals surface area contributed by atoms with Crippen LogP contribution < -0.4 is 5.32 Å². The van der Waals surface area contributed by atoms with Crippen LogP contribution in [0.3, 0.4) is 0 Å². The summed E-state index contributed by atoms with van der Waals surface area (Å²) in [4.78, 5) is 14.6. The van der Waals surface area contributed by atoms with Crippen LogP contribution >= 0.6 is 11.8 Å². The highest BCUT2D eigenvalue weighted by atomic mass is 32.2. The van der Waals surface area contributed by atoms with Gasteiger partial charge in [0.05, 0.1) is 24.7 Å². The first kappa shape index (κ1) is 24.2. The van der Waals surface area contributed by atoms with Crippen LogP contribution in [-0.2, 0) is 10.5 Å². The van der Waals surface area contributed by atoms with E-state index in [1.54, 1.807) is 6.07 Å². The predicted octanol–water partition coefficient (Wildman–Crippen LogP) is 4.76. The smallest absolute Gasteiger partial charge is 0.287 e. The number of nitrogens with zero attached hydrogens (tertiary/aromatic N) is 3. The molecule has 4 aromatic rings. The van der Waals surface area contributed by atoms with E-state index < -0.39 is 0 Å². The molecule has 1 aliphatic heterocycles. The van der Waals surface area contributed by atoms with Gasteiger partial charge in [0.2, 0.25) is 0 Å². The minimum Gasteiger partial charge on any atom is -0.455 e. The first-order valence-corrected chi connectivity index (χ1v) is 13.0. The lowest BCUT2D eigenvalue weighted by Crippen LogP contribution is -2.41. The Bertz CT molecular complexity index is 1250. The third kappa shape index (κ3) is 6.40. The highest BCUT2D eigenvalue weighted by Gasteiger charge is 2.14. The summed E-state index contributed by atoms with van der Waals surface area (Å²) in [5.74, 6) is 1.43. The largest absolute Gasteiger partial charge is 0.455 e. The quantitative estimate of drug-likeness (QED) is 0.332. The minimum absolute atomic E-state index is 0.193. The highest BCUT2D eigenvalue weighted by molar-refractivity contribution is 7.98. The second-order valence-corrected chi connectivity index (χ2v) is 9.46. The van der Waals surface area contributed by atoms with Crippen molar-refractivity contribution >= 4 is 17.7 Å². The number of aromatic nitrogens is 2. The van der Waals surface area contributed by atoms with Gasteiger partial charge in [-0.2, -0.15) is 0 Å². The monoisotopic (exact) mass is 500 g/mol. The first-order chi connectivity index (χ1) is 17.7. The summed E-state index contributed by atoms with van der Waals surface area (Å²) in [5.41, 5.74) is 4.21. The molecule has 0 unspecified atom stereocenters. The van der Waals surface area contributed by atoms with E-state index >= 15 is 0 Å². The van der Waals surface area contributed by atoms with Gasteiger partial charge in [-0.15, -0.1) is 10.2 Å². The molecular weight excluding hydrogens is 472 g/mol. The van der Waals surface area contributed by atoms with Gasteiger partial charge in [0, 0.05) is 31.7 Å². The van der Waals surface area contributed by atoms with Crippen LogP contribution in [0.2, 0.25) is 0 Å². The van der Waals surface area contributed by atoms with Gasteiger partial charge in [0.15, 0.2) is 5.76 Å². The molecule has 7 nitrogen and oxygen atoms in total. The lowest BCUT2D eigenvalue weighted by Gasteiger charge is -2.26. The fraction of sp³-hybridized carbons (Fsp3) is 0.250. The molecule has 0 saturated carbocycles. The van der Waals surface area contributed by atoms with Crippen LogP contribution in [0.15, 0.2) is 88.3 Å². The number of furan rings is 1. The Labute approximate surface area is 214 Å². The van der Waals surface area contributed by atoms with Crippen molar-refractivity contribution < 1.29 is 13.9 Å². The van der Waals surface area contributed by atoms with E-state index in [2.05, 4.69) is 56.8 Å². The predicted molar refractivity (Wildman–Crippen MR) is 141 cm³/mol. The molecule has 2 aromatic carbocycles. The zero-order chi connectivity index (χ0) is 24.6. The van der Waals surface area contributed by atoms with Crippen LogP contribution in [0.4, 0.5) is 0 Å². The molecule has 2 aromatic heterocycles. The number of ether oxygens (including phenoxy) is 1. The maximum absolute atomic E-state index is 12.4. The number of amides is 1. The number of thioether (sulfide) groups is 1. The van der Waals surface area contributed by atoms with Crippen LogP contribution in [0.25, 0.3) is 22.4 Å². The summed E-state index contributed by atoms with van der Waals surface area (Å²) < 4.78 is 11.1. The molecule has 0 atom stereocenters. The summed E-state index contributed by atoms with van der Waals surface area (Å²) in [6.45, 7) is 4.71. The Kier molecular flexibility index (Phi) is 8.07. The van der Waals surface area contributed by atoms with E-state index in [-0.39, 0.29) is 5.91 Å². The number of nitrogens with one attached hydrogen (secondary N) is 1. The van der Waals surface area contributed by atoms with Crippen LogP contribution in [0.1, 0.15) is 16.3 Å². The van der Waals surface area contributed by atoms with Gasteiger partial charge in [-0.25, -0.2) is 0 Å². The van der Waals surface area contributed by atoms with Crippen molar-refractivity contribution in [1.29, 1.82) is 0 Å². The molecule has 36 heavy (non-hydrogen) atoms. The normalized spacial score (nSPS) is 14.0. The molecule has 0 bridgehead atoms. The minimum atomic E-state index is -0.193. The molecule has 5 rings (SSSR count). The van der Waals surface area contributed by atoms with Crippen molar-refractivity contribution in [1.82, 2.24) is 20.4 Å². The van der Waals surface area contributed by atoms with Crippen molar-refractivity contribution in [3.8, 4) is 22.4 Å². The topological polar surface area (TPSA) is 80.5 Å². The molecule has 1 saturated heterocycles.